The molecule has 1 N–H and O–H groups in total. The molecule has 0 unspecified atom stereocenters. The standard InChI is InChI=1S/C25H25Cl3O/c1-13-7-19(8-14(2)22(13)26)25(29,20-9-15(3)23(27)16(4)10-20)21-11-17(5)24(28)18(6)12-21/h7-12,29H,1-6H3. The van der Waals surface area contributed by atoms with Gasteiger partial charge in [0.1, 0.15) is 5.60 Å². The second-order valence-electron chi connectivity index (χ2n) is 7.98. The van der Waals surface area contributed by atoms with Crippen LogP contribution in [0.3, 0.4) is 0 Å². The third-order valence-corrected chi connectivity index (χ3v) is 7.35. The summed E-state index contributed by atoms with van der Waals surface area (Å²) in [5.74, 6) is 0. The SMILES string of the molecule is Cc1cc(C(O)(c2cc(C)c(Cl)c(C)c2)c2cc(C)c(Cl)c(C)c2)cc(C)c1Cl. The van der Waals surface area contributed by atoms with E-state index >= 15 is 0 Å². The number of halogens is 3. The van der Waals surface area contributed by atoms with Crippen molar-refractivity contribution in [2.24, 2.45) is 0 Å². The molecule has 4 heteroatoms. The summed E-state index contributed by atoms with van der Waals surface area (Å²) in [7, 11) is 0. The molecule has 0 spiro atoms. The van der Waals surface area contributed by atoms with Gasteiger partial charge in [0, 0.05) is 15.1 Å². The molecule has 0 atom stereocenters. The number of hydrogen-bond donors (Lipinski definition) is 1. The Morgan fingerprint density at radius 3 is 0.828 bits per heavy atom. The molecule has 0 fully saturated rings. The van der Waals surface area contributed by atoms with E-state index in [2.05, 4.69) is 0 Å². The summed E-state index contributed by atoms with van der Waals surface area (Å²) in [4.78, 5) is 0. The Bertz CT molecular complexity index is 907. The van der Waals surface area contributed by atoms with Crippen LogP contribution in [-0.2, 0) is 5.60 Å². The van der Waals surface area contributed by atoms with Gasteiger partial charge in [0.2, 0.25) is 0 Å². The van der Waals surface area contributed by atoms with Gasteiger partial charge in [0.05, 0.1) is 0 Å². The Morgan fingerprint density at radius 2 is 0.655 bits per heavy atom. The maximum atomic E-state index is 12.3. The van der Waals surface area contributed by atoms with Crippen molar-refractivity contribution >= 4 is 34.8 Å². The predicted octanol–water partition coefficient (Wildman–Crippen LogP) is 7.78. The van der Waals surface area contributed by atoms with Gasteiger partial charge in [-0.15, -0.1) is 0 Å². The van der Waals surface area contributed by atoms with Crippen molar-refractivity contribution in [3.05, 3.63) is 102 Å². The van der Waals surface area contributed by atoms with Crippen LogP contribution in [0.5, 0.6) is 0 Å². The van der Waals surface area contributed by atoms with Gasteiger partial charge in [-0.1, -0.05) is 71.2 Å². The van der Waals surface area contributed by atoms with Crippen molar-refractivity contribution in [1.82, 2.24) is 0 Å². The maximum absolute atomic E-state index is 12.3. The topological polar surface area (TPSA) is 20.2 Å². The fourth-order valence-electron chi connectivity index (χ4n) is 3.96. The molecule has 1 nitrogen and oxygen atoms in total. The second kappa shape index (κ2) is 7.96. The minimum absolute atomic E-state index is 0.711. The van der Waals surface area contributed by atoms with E-state index in [0.717, 1.165) is 50.1 Å². The highest BCUT2D eigenvalue weighted by Gasteiger charge is 2.36. The third kappa shape index (κ3) is 3.82. The van der Waals surface area contributed by atoms with E-state index in [1.165, 1.54) is 0 Å². The smallest absolute Gasteiger partial charge is 0.140 e. The van der Waals surface area contributed by atoms with Crippen molar-refractivity contribution in [2.75, 3.05) is 0 Å². The zero-order valence-electron chi connectivity index (χ0n) is 17.5. The number of aryl methyl sites for hydroxylation is 6. The largest absolute Gasteiger partial charge is 0.376 e. The first kappa shape index (κ1) is 22.2. The Balaban J connectivity index is 2.42. The number of hydrogen-bond acceptors (Lipinski definition) is 1. The van der Waals surface area contributed by atoms with E-state index in [-0.39, 0.29) is 0 Å². The van der Waals surface area contributed by atoms with E-state index < -0.39 is 5.60 Å². The highest BCUT2D eigenvalue weighted by atomic mass is 35.5. The van der Waals surface area contributed by atoms with Crippen molar-refractivity contribution in [1.29, 1.82) is 0 Å². The average Bonchev–Trinajstić information content (AvgIpc) is 2.66. The molecule has 0 bridgehead atoms. The van der Waals surface area contributed by atoms with Gasteiger partial charge >= 0.3 is 0 Å². The Morgan fingerprint density at radius 1 is 0.483 bits per heavy atom. The monoisotopic (exact) mass is 446 g/mol. The van der Waals surface area contributed by atoms with Gasteiger partial charge in [-0.2, -0.15) is 0 Å². The lowest BCUT2D eigenvalue weighted by atomic mass is 9.77. The lowest BCUT2D eigenvalue weighted by Gasteiger charge is -2.32. The molecule has 0 amide bonds. The van der Waals surface area contributed by atoms with Crippen LogP contribution in [0.4, 0.5) is 0 Å². The Kier molecular flexibility index (Phi) is 6.09. The van der Waals surface area contributed by atoms with E-state index in [4.69, 9.17) is 34.8 Å². The lowest BCUT2D eigenvalue weighted by molar-refractivity contribution is 0.125. The lowest BCUT2D eigenvalue weighted by Crippen LogP contribution is -2.30. The summed E-state index contributed by atoms with van der Waals surface area (Å²) in [5, 5.41) is 14.4. The fourth-order valence-corrected chi connectivity index (χ4v) is 4.29. The summed E-state index contributed by atoms with van der Waals surface area (Å²) < 4.78 is 0. The Hall–Kier alpha value is -1.51. The zero-order chi connectivity index (χ0) is 21.7. The number of rotatable bonds is 3. The first-order valence-corrected chi connectivity index (χ1v) is 10.6. The summed E-state index contributed by atoms with van der Waals surface area (Å²) >= 11 is 19.3. The first-order chi connectivity index (χ1) is 13.5. The minimum Gasteiger partial charge on any atom is -0.376 e. The quantitative estimate of drug-likeness (QED) is 0.406. The minimum atomic E-state index is -1.37. The molecule has 0 radical (unpaired) electrons. The predicted molar refractivity (Wildman–Crippen MR) is 125 cm³/mol. The normalized spacial score (nSPS) is 11.8. The second-order valence-corrected chi connectivity index (χ2v) is 9.12. The molecule has 0 aromatic heterocycles. The molecule has 0 aliphatic heterocycles. The molecule has 152 valence electrons. The number of aliphatic hydroxyl groups is 1. The van der Waals surface area contributed by atoms with Crippen LogP contribution in [-0.4, -0.2) is 5.11 Å². The summed E-state index contributed by atoms with van der Waals surface area (Å²) in [6.45, 7) is 11.7. The van der Waals surface area contributed by atoms with Crippen LogP contribution in [0.2, 0.25) is 15.1 Å². The molecule has 0 saturated carbocycles. The molecule has 29 heavy (non-hydrogen) atoms. The van der Waals surface area contributed by atoms with Crippen LogP contribution in [0, 0.1) is 41.5 Å². The van der Waals surface area contributed by atoms with Gasteiger partial charge in [-0.25, -0.2) is 0 Å². The van der Waals surface area contributed by atoms with Gasteiger partial charge < -0.3 is 5.11 Å². The molecule has 0 heterocycles. The van der Waals surface area contributed by atoms with Crippen LogP contribution in [0.1, 0.15) is 50.1 Å². The summed E-state index contributed by atoms with van der Waals surface area (Å²) in [6, 6.07) is 11.7. The first-order valence-electron chi connectivity index (χ1n) is 9.50. The number of benzene rings is 3. The van der Waals surface area contributed by atoms with Gasteiger partial charge in [-0.3, -0.25) is 0 Å². The fraction of sp³-hybridized carbons (Fsp3) is 0.280. The van der Waals surface area contributed by atoms with Crippen LogP contribution in [0.25, 0.3) is 0 Å². The third-order valence-electron chi connectivity index (χ3n) is 5.56. The molecule has 3 rings (SSSR count). The molecule has 3 aromatic rings. The highest BCUT2D eigenvalue weighted by molar-refractivity contribution is 6.32. The van der Waals surface area contributed by atoms with E-state index in [0.29, 0.717) is 15.1 Å². The van der Waals surface area contributed by atoms with E-state index in [9.17, 15) is 5.11 Å². The van der Waals surface area contributed by atoms with Crippen molar-refractivity contribution in [2.45, 2.75) is 47.1 Å². The van der Waals surface area contributed by atoms with E-state index in [1.54, 1.807) is 0 Å². The molecule has 0 aliphatic rings. The highest BCUT2D eigenvalue weighted by Crippen LogP contribution is 2.42. The zero-order valence-corrected chi connectivity index (χ0v) is 19.8. The van der Waals surface area contributed by atoms with Crippen molar-refractivity contribution in [3.8, 4) is 0 Å². The van der Waals surface area contributed by atoms with Gasteiger partial charge in [0.25, 0.3) is 0 Å². The van der Waals surface area contributed by atoms with Crippen LogP contribution in [0.15, 0.2) is 36.4 Å². The molecule has 0 aliphatic carbocycles. The summed E-state index contributed by atoms with van der Waals surface area (Å²) in [5.41, 5.74) is 6.44. The molecule has 3 aromatic carbocycles. The van der Waals surface area contributed by atoms with Gasteiger partial charge in [0.15, 0.2) is 0 Å². The Labute approximate surface area is 188 Å². The van der Waals surface area contributed by atoms with Gasteiger partial charge in [-0.05, 0) is 91.6 Å². The average molecular weight is 448 g/mol. The van der Waals surface area contributed by atoms with E-state index in [1.807, 2.05) is 77.9 Å². The molecular weight excluding hydrogens is 423 g/mol. The molecular formula is C25H25Cl3O. The van der Waals surface area contributed by atoms with Crippen molar-refractivity contribution in [3.63, 3.8) is 0 Å². The summed E-state index contributed by atoms with van der Waals surface area (Å²) in [6.07, 6.45) is 0. The van der Waals surface area contributed by atoms with Crippen LogP contribution >= 0.6 is 34.8 Å². The van der Waals surface area contributed by atoms with Crippen molar-refractivity contribution < 1.29 is 5.11 Å². The molecule has 0 saturated heterocycles. The van der Waals surface area contributed by atoms with Crippen LogP contribution < -0.4 is 0 Å². The maximum Gasteiger partial charge on any atom is 0.140 e.